The summed E-state index contributed by atoms with van der Waals surface area (Å²) in [6.45, 7) is 5.59. The fourth-order valence-electron chi connectivity index (χ4n) is 3.74. The van der Waals surface area contributed by atoms with Crippen molar-refractivity contribution in [3.05, 3.63) is 65.2 Å². The zero-order valence-corrected chi connectivity index (χ0v) is 17.4. The molecule has 1 heterocycles. The van der Waals surface area contributed by atoms with Gasteiger partial charge in [0.2, 0.25) is 11.8 Å². The highest BCUT2D eigenvalue weighted by atomic mass is 16.2. The highest BCUT2D eigenvalue weighted by Crippen LogP contribution is 2.36. The van der Waals surface area contributed by atoms with Gasteiger partial charge in [-0.05, 0) is 62.1 Å². The molecule has 1 aliphatic heterocycles. The van der Waals surface area contributed by atoms with Crippen LogP contribution in [0.5, 0.6) is 0 Å². The zero-order chi connectivity index (χ0) is 21.9. The van der Waals surface area contributed by atoms with E-state index < -0.39 is 10.8 Å². The molecule has 1 fully saturated rings. The van der Waals surface area contributed by atoms with Crippen LogP contribution in [-0.2, 0) is 20.4 Å². The Hall–Kier alpha value is -3.46. The van der Waals surface area contributed by atoms with Gasteiger partial charge in [-0.25, -0.2) is 0 Å². The van der Waals surface area contributed by atoms with Gasteiger partial charge in [-0.15, -0.1) is 0 Å². The third-order valence-electron chi connectivity index (χ3n) is 5.91. The van der Waals surface area contributed by atoms with E-state index in [-0.39, 0.29) is 17.7 Å². The molecule has 2 aromatic carbocycles. The molecule has 6 nitrogen and oxygen atoms in total. The fraction of sp³-hybridized carbons (Fsp3) is 0.333. The quantitative estimate of drug-likeness (QED) is 0.741. The largest absolute Gasteiger partial charge is 0.322 e. The Morgan fingerprint density at radius 3 is 2.30 bits per heavy atom. The lowest BCUT2D eigenvalue weighted by molar-refractivity contribution is -0.138. The maximum atomic E-state index is 12.6. The normalized spacial score (nSPS) is 19.0. The number of nitrogens with zero attached hydrogens (tertiary/aromatic N) is 1. The smallest absolute Gasteiger partial charge is 0.255 e. The summed E-state index contributed by atoms with van der Waals surface area (Å²) in [5, 5.41) is 14.5. The Morgan fingerprint density at radius 2 is 1.77 bits per heavy atom. The molecule has 1 saturated heterocycles. The number of hydrogen-bond acceptors (Lipinski definition) is 4. The Morgan fingerprint density at radius 1 is 1.13 bits per heavy atom. The van der Waals surface area contributed by atoms with Crippen molar-refractivity contribution in [3.8, 4) is 6.07 Å². The third-order valence-corrected chi connectivity index (χ3v) is 5.91. The van der Waals surface area contributed by atoms with Crippen LogP contribution in [0.25, 0.3) is 0 Å². The van der Waals surface area contributed by atoms with Crippen molar-refractivity contribution in [2.24, 2.45) is 0 Å². The SMILES string of the molecule is CC[C@]1(c2ccc(NC(=O)c3ccc(C(C)(C)C#N)cc3)cc2)CCC(=O)NC1=O. The van der Waals surface area contributed by atoms with E-state index in [0.717, 1.165) is 11.1 Å². The minimum Gasteiger partial charge on any atom is -0.322 e. The van der Waals surface area contributed by atoms with Crippen LogP contribution in [-0.4, -0.2) is 17.7 Å². The number of nitriles is 1. The van der Waals surface area contributed by atoms with Crippen LogP contribution in [0.2, 0.25) is 0 Å². The van der Waals surface area contributed by atoms with Gasteiger partial charge in [0.15, 0.2) is 0 Å². The lowest BCUT2D eigenvalue weighted by atomic mass is 9.72. The number of carbonyl (C=O) groups excluding carboxylic acids is 3. The lowest BCUT2D eigenvalue weighted by Crippen LogP contribution is -2.51. The number of amides is 3. The molecule has 0 aromatic heterocycles. The van der Waals surface area contributed by atoms with Gasteiger partial charge < -0.3 is 5.32 Å². The highest BCUT2D eigenvalue weighted by molar-refractivity contribution is 6.05. The molecule has 3 rings (SSSR count). The van der Waals surface area contributed by atoms with Gasteiger partial charge in [-0.1, -0.05) is 31.2 Å². The summed E-state index contributed by atoms with van der Waals surface area (Å²) in [6.07, 6.45) is 1.38. The first-order valence-corrected chi connectivity index (χ1v) is 10.00. The number of nitrogens with one attached hydrogen (secondary N) is 2. The van der Waals surface area contributed by atoms with Crippen molar-refractivity contribution in [2.75, 3.05) is 5.32 Å². The molecule has 154 valence electrons. The number of carbonyl (C=O) groups is 3. The Balaban J connectivity index is 1.74. The van der Waals surface area contributed by atoms with E-state index in [1.165, 1.54) is 0 Å². The molecular formula is C24H25N3O3. The van der Waals surface area contributed by atoms with Gasteiger partial charge in [0.1, 0.15) is 0 Å². The summed E-state index contributed by atoms with van der Waals surface area (Å²) in [6, 6.07) is 16.4. The summed E-state index contributed by atoms with van der Waals surface area (Å²) in [7, 11) is 0. The van der Waals surface area contributed by atoms with E-state index in [0.29, 0.717) is 30.5 Å². The Bertz CT molecular complexity index is 1020. The predicted octanol–water partition coefficient (Wildman–Crippen LogP) is 3.82. The van der Waals surface area contributed by atoms with Gasteiger partial charge in [0, 0.05) is 17.7 Å². The van der Waals surface area contributed by atoms with E-state index in [2.05, 4.69) is 16.7 Å². The van der Waals surface area contributed by atoms with E-state index in [4.69, 9.17) is 0 Å². The number of rotatable bonds is 5. The average molecular weight is 403 g/mol. The van der Waals surface area contributed by atoms with Crippen LogP contribution in [0.15, 0.2) is 48.5 Å². The molecule has 0 aliphatic carbocycles. The maximum absolute atomic E-state index is 12.6. The van der Waals surface area contributed by atoms with Crippen LogP contribution in [0, 0.1) is 11.3 Å². The van der Waals surface area contributed by atoms with Gasteiger partial charge in [0.25, 0.3) is 5.91 Å². The predicted molar refractivity (Wildman–Crippen MR) is 114 cm³/mol. The van der Waals surface area contributed by atoms with Crippen LogP contribution in [0.4, 0.5) is 5.69 Å². The van der Waals surface area contributed by atoms with E-state index in [9.17, 15) is 19.6 Å². The standard InChI is InChI=1S/C24H25N3O3/c1-4-24(14-13-20(28)27-22(24)30)18-9-11-19(12-10-18)26-21(29)16-5-7-17(8-6-16)23(2,3)15-25/h5-12H,4,13-14H2,1-3H3,(H,26,29)(H,27,28,30)/t24-/m1/s1. The number of hydrogen-bond donors (Lipinski definition) is 2. The van der Waals surface area contributed by atoms with E-state index in [1.54, 1.807) is 36.4 Å². The average Bonchev–Trinajstić information content (AvgIpc) is 2.75. The molecule has 1 atom stereocenters. The minimum absolute atomic E-state index is 0.239. The Kier molecular flexibility index (Phi) is 5.75. The first-order chi connectivity index (χ1) is 14.2. The van der Waals surface area contributed by atoms with Crippen molar-refractivity contribution in [1.29, 1.82) is 5.26 Å². The van der Waals surface area contributed by atoms with Crippen LogP contribution < -0.4 is 10.6 Å². The summed E-state index contributed by atoms with van der Waals surface area (Å²) < 4.78 is 0. The van der Waals surface area contributed by atoms with Crippen LogP contribution in [0.1, 0.15) is 61.5 Å². The first kappa shape index (κ1) is 21.3. The van der Waals surface area contributed by atoms with Crippen molar-refractivity contribution in [2.45, 2.75) is 50.9 Å². The fourth-order valence-corrected chi connectivity index (χ4v) is 3.74. The van der Waals surface area contributed by atoms with E-state index >= 15 is 0 Å². The molecule has 0 spiro atoms. The molecule has 0 unspecified atom stereocenters. The summed E-state index contributed by atoms with van der Waals surface area (Å²) in [5.41, 5.74) is 1.45. The van der Waals surface area contributed by atoms with Crippen LogP contribution >= 0.6 is 0 Å². The molecule has 6 heteroatoms. The number of benzene rings is 2. The number of anilines is 1. The molecule has 0 radical (unpaired) electrons. The topological polar surface area (TPSA) is 99.1 Å². The molecule has 0 saturated carbocycles. The third kappa shape index (κ3) is 3.97. The molecule has 3 amide bonds. The Labute approximate surface area is 176 Å². The second-order valence-electron chi connectivity index (χ2n) is 8.16. The van der Waals surface area contributed by atoms with Gasteiger partial charge in [-0.2, -0.15) is 5.26 Å². The van der Waals surface area contributed by atoms with Gasteiger partial charge in [-0.3, -0.25) is 19.7 Å². The second kappa shape index (κ2) is 8.11. The lowest BCUT2D eigenvalue weighted by Gasteiger charge is -2.35. The minimum atomic E-state index is -0.722. The van der Waals surface area contributed by atoms with Crippen molar-refractivity contribution >= 4 is 23.4 Å². The van der Waals surface area contributed by atoms with Gasteiger partial charge >= 0.3 is 0 Å². The monoisotopic (exact) mass is 403 g/mol. The summed E-state index contributed by atoms with van der Waals surface area (Å²) in [5.74, 6) is -0.758. The maximum Gasteiger partial charge on any atom is 0.255 e. The van der Waals surface area contributed by atoms with Crippen molar-refractivity contribution < 1.29 is 14.4 Å². The highest BCUT2D eigenvalue weighted by Gasteiger charge is 2.42. The molecule has 2 aromatic rings. The number of piperidine rings is 1. The second-order valence-corrected chi connectivity index (χ2v) is 8.16. The van der Waals surface area contributed by atoms with Crippen molar-refractivity contribution in [3.63, 3.8) is 0 Å². The zero-order valence-electron chi connectivity index (χ0n) is 17.4. The first-order valence-electron chi connectivity index (χ1n) is 10.00. The molecule has 2 N–H and O–H groups in total. The van der Waals surface area contributed by atoms with Crippen molar-refractivity contribution in [1.82, 2.24) is 5.32 Å². The molecule has 1 aliphatic rings. The van der Waals surface area contributed by atoms with E-state index in [1.807, 2.05) is 32.9 Å². The molecular weight excluding hydrogens is 378 g/mol. The van der Waals surface area contributed by atoms with Crippen LogP contribution in [0.3, 0.4) is 0 Å². The molecule has 30 heavy (non-hydrogen) atoms. The number of imide groups is 1. The summed E-state index contributed by atoms with van der Waals surface area (Å²) >= 11 is 0. The van der Waals surface area contributed by atoms with Gasteiger partial charge in [0.05, 0.1) is 16.9 Å². The molecule has 0 bridgehead atoms. The summed E-state index contributed by atoms with van der Waals surface area (Å²) in [4.78, 5) is 36.6.